The van der Waals surface area contributed by atoms with Crippen LogP contribution in [0.1, 0.15) is 89.8 Å². The fourth-order valence-corrected chi connectivity index (χ4v) is 9.37. The van der Waals surface area contributed by atoms with E-state index in [4.69, 9.17) is 17.0 Å². The Hall–Kier alpha value is -4.43. The summed E-state index contributed by atoms with van der Waals surface area (Å²) < 4.78 is 47.5. The first-order valence-electron chi connectivity index (χ1n) is 19.5. The summed E-state index contributed by atoms with van der Waals surface area (Å²) in [5, 5.41) is 14.8. The molecule has 2 N–H and O–H groups in total. The first kappa shape index (κ1) is 42.2. The van der Waals surface area contributed by atoms with E-state index in [1.54, 1.807) is 32.0 Å². The Morgan fingerprint density at radius 3 is 2.26 bits per heavy atom. The number of piperazine rings is 1. The van der Waals surface area contributed by atoms with Gasteiger partial charge in [0.1, 0.15) is 5.54 Å². The Labute approximate surface area is 336 Å². The Kier molecular flexibility index (Phi) is 12.2. The largest absolute Gasteiger partial charge is 0.417 e. The average molecular weight is 810 g/mol. The molecule has 4 aliphatic rings. The predicted molar refractivity (Wildman–Crippen MR) is 211 cm³/mol. The number of piperidine rings is 1. The molecule has 16 heteroatoms. The predicted octanol–water partition coefficient (Wildman–Crippen LogP) is 5.34. The number of rotatable bonds is 10. The SMILES string of the molecule is C[C@@H]1CN(CCO[C@H]2CC[C@H](N3C(=S)N(c4ccc(C#N)c(C(F)(F)F)c4)C(=O)C3(C)C)CC2)C[C@H](C)N1CC(=O)Nc1ccc([C@]2(C)CCC(=O)NC2=O)cc1. The van der Waals surface area contributed by atoms with Crippen LogP contribution in [0.25, 0.3) is 0 Å². The lowest BCUT2D eigenvalue weighted by molar-refractivity contribution is -0.138. The molecule has 6 rings (SSSR count). The molecule has 4 amide bonds. The molecule has 12 nitrogen and oxygen atoms in total. The third-order valence-electron chi connectivity index (χ3n) is 12.1. The van der Waals surface area contributed by atoms with E-state index in [-0.39, 0.29) is 65.7 Å². The van der Waals surface area contributed by atoms with Crippen molar-refractivity contribution < 1.29 is 37.1 Å². The zero-order valence-electron chi connectivity index (χ0n) is 32.9. The van der Waals surface area contributed by atoms with Crippen LogP contribution >= 0.6 is 12.2 Å². The van der Waals surface area contributed by atoms with Crippen LogP contribution in [0.4, 0.5) is 24.5 Å². The molecule has 0 unspecified atom stereocenters. The van der Waals surface area contributed by atoms with Crippen molar-refractivity contribution in [3.05, 3.63) is 59.2 Å². The van der Waals surface area contributed by atoms with Crippen molar-refractivity contribution in [3.8, 4) is 6.07 Å². The van der Waals surface area contributed by atoms with Crippen molar-refractivity contribution >= 4 is 52.3 Å². The maximum Gasteiger partial charge on any atom is 0.417 e. The van der Waals surface area contributed by atoms with Gasteiger partial charge in [0, 0.05) is 49.9 Å². The van der Waals surface area contributed by atoms with Crippen molar-refractivity contribution in [3.63, 3.8) is 0 Å². The minimum Gasteiger partial charge on any atom is -0.377 e. The zero-order chi connectivity index (χ0) is 41.4. The van der Waals surface area contributed by atoms with Gasteiger partial charge in [0.05, 0.1) is 47.6 Å². The molecular weight excluding hydrogens is 760 g/mol. The first-order chi connectivity index (χ1) is 26.8. The van der Waals surface area contributed by atoms with E-state index in [1.807, 2.05) is 24.0 Å². The van der Waals surface area contributed by atoms with Crippen LogP contribution in [0.2, 0.25) is 0 Å². The summed E-state index contributed by atoms with van der Waals surface area (Å²) >= 11 is 5.74. The van der Waals surface area contributed by atoms with Gasteiger partial charge in [-0.2, -0.15) is 18.4 Å². The van der Waals surface area contributed by atoms with Gasteiger partial charge in [0.2, 0.25) is 17.7 Å². The Bertz CT molecular complexity index is 1930. The number of imide groups is 1. The summed E-state index contributed by atoms with van der Waals surface area (Å²) in [7, 11) is 0. The van der Waals surface area contributed by atoms with Gasteiger partial charge in [0.25, 0.3) is 5.91 Å². The molecule has 0 bridgehead atoms. The number of hydrogen-bond donors (Lipinski definition) is 2. The average Bonchev–Trinajstić information content (AvgIpc) is 3.33. The summed E-state index contributed by atoms with van der Waals surface area (Å²) in [4.78, 5) is 58.4. The number of halogens is 3. The number of carbonyl (C=O) groups excluding carboxylic acids is 4. The highest BCUT2D eigenvalue weighted by atomic mass is 32.1. The lowest BCUT2D eigenvalue weighted by Crippen LogP contribution is -2.58. The van der Waals surface area contributed by atoms with Crippen molar-refractivity contribution in [2.45, 2.75) is 115 Å². The summed E-state index contributed by atoms with van der Waals surface area (Å²) in [5.74, 6) is -1.11. The topological polar surface area (TPSA) is 138 Å². The molecule has 57 heavy (non-hydrogen) atoms. The molecule has 306 valence electrons. The Morgan fingerprint density at radius 2 is 1.67 bits per heavy atom. The summed E-state index contributed by atoms with van der Waals surface area (Å²) in [6.45, 7) is 12.6. The number of benzene rings is 2. The molecule has 2 aromatic carbocycles. The van der Waals surface area contributed by atoms with E-state index in [0.717, 1.165) is 55.1 Å². The molecule has 0 aromatic heterocycles. The third kappa shape index (κ3) is 8.72. The fraction of sp³-hybridized carbons (Fsp3) is 0.561. The van der Waals surface area contributed by atoms with Gasteiger partial charge in [0.15, 0.2) is 5.11 Å². The summed E-state index contributed by atoms with van der Waals surface area (Å²) in [5.41, 5.74) is -2.08. The highest BCUT2D eigenvalue weighted by Crippen LogP contribution is 2.41. The van der Waals surface area contributed by atoms with Gasteiger partial charge in [-0.1, -0.05) is 12.1 Å². The first-order valence-corrected chi connectivity index (χ1v) is 19.9. The molecule has 3 atom stereocenters. The summed E-state index contributed by atoms with van der Waals surface area (Å²) in [6.07, 6.45) is -1.12. The molecule has 1 saturated carbocycles. The van der Waals surface area contributed by atoms with Crippen LogP contribution in [-0.2, 0) is 35.5 Å². The number of alkyl halides is 3. The van der Waals surface area contributed by atoms with E-state index >= 15 is 0 Å². The number of nitrogens with zero attached hydrogens (tertiary/aromatic N) is 5. The smallest absolute Gasteiger partial charge is 0.377 e. The number of anilines is 2. The molecule has 3 saturated heterocycles. The van der Waals surface area contributed by atoms with Crippen LogP contribution in [-0.4, -0.2) is 106 Å². The monoisotopic (exact) mass is 809 g/mol. The molecule has 3 aliphatic heterocycles. The lowest BCUT2D eigenvalue weighted by Gasteiger charge is -2.44. The minimum absolute atomic E-state index is 0.0122. The number of nitriles is 1. The van der Waals surface area contributed by atoms with E-state index in [9.17, 15) is 37.6 Å². The highest BCUT2D eigenvalue weighted by molar-refractivity contribution is 7.80. The second-order valence-electron chi connectivity index (χ2n) is 16.5. The Morgan fingerprint density at radius 1 is 1.02 bits per heavy atom. The van der Waals surface area contributed by atoms with Crippen molar-refractivity contribution in [2.75, 3.05) is 43.0 Å². The maximum absolute atomic E-state index is 13.7. The van der Waals surface area contributed by atoms with Crippen LogP contribution in [0.15, 0.2) is 42.5 Å². The summed E-state index contributed by atoms with van der Waals surface area (Å²) in [6, 6.07) is 12.2. The third-order valence-corrected chi connectivity index (χ3v) is 12.5. The van der Waals surface area contributed by atoms with Crippen LogP contribution in [0.3, 0.4) is 0 Å². The van der Waals surface area contributed by atoms with Gasteiger partial charge in [-0.25, -0.2) is 0 Å². The minimum atomic E-state index is -4.76. The normalized spacial score (nSPS) is 27.4. The van der Waals surface area contributed by atoms with E-state index in [1.165, 1.54) is 6.07 Å². The molecular formula is C41H50F3N7O5S. The number of carbonyl (C=O) groups is 4. The second kappa shape index (κ2) is 16.4. The van der Waals surface area contributed by atoms with Crippen molar-refractivity contribution in [1.82, 2.24) is 20.0 Å². The molecule has 2 aromatic rings. The number of ether oxygens (including phenoxy) is 1. The lowest BCUT2D eigenvalue weighted by atomic mass is 9.75. The highest BCUT2D eigenvalue weighted by Gasteiger charge is 2.53. The van der Waals surface area contributed by atoms with Gasteiger partial charge in [-0.15, -0.1) is 0 Å². The van der Waals surface area contributed by atoms with Crippen LogP contribution < -0.4 is 15.5 Å². The van der Waals surface area contributed by atoms with Gasteiger partial charge >= 0.3 is 6.18 Å². The van der Waals surface area contributed by atoms with Gasteiger partial charge in [-0.05, 0) is 115 Å². The van der Waals surface area contributed by atoms with Crippen molar-refractivity contribution in [2.24, 2.45) is 0 Å². The van der Waals surface area contributed by atoms with E-state index < -0.39 is 34.2 Å². The maximum atomic E-state index is 13.7. The van der Waals surface area contributed by atoms with Crippen molar-refractivity contribution in [1.29, 1.82) is 5.26 Å². The Balaban J connectivity index is 0.947. The van der Waals surface area contributed by atoms with E-state index in [2.05, 4.69) is 34.3 Å². The molecule has 3 heterocycles. The molecule has 0 spiro atoms. The standard InChI is InChI=1S/C41H50F3N7O5S/c1-25-22-48(23-26(2)49(25)24-35(53)46-29-9-7-28(8-10-29)40(5)17-16-34(52)47-36(40)54)18-19-56-32-14-12-30(13-15-32)51-38(57)50(37(55)39(51,3)4)31-11-6-27(21-45)33(20-31)41(42,43)44/h6-11,20,25-26,30,32H,12-19,22-24H2,1-5H3,(H,46,53)(H,47,52,54)/t25-,26+,30-,32-,40-/m0/s1. The zero-order valence-corrected chi connectivity index (χ0v) is 33.8. The van der Waals surface area contributed by atoms with Crippen LogP contribution in [0.5, 0.6) is 0 Å². The van der Waals surface area contributed by atoms with E-state index in [0.29, 0.717) is 31.6 Å². The molecule has 4 fully saturated rings. The number of thiocarbonyl (C=S) groups is 1. The fourth-order valence-electron chi connectivity index (χ4n) is 8.80. The quantitative estimate of drug-likeness (QED) is 0.239. The number of nitrogens with one attached hydrogen (secondary N) is 2. The molecule has 0 radical (unpaired) electrons. The van der Waals surface area contributed by atoms with Gasteiger partial charge in [-0.3, -0.25) is 39.2 Å². The number of amides is 4. The molecule has 1 aliphatic carbocycles. The second-order valence-corrected chi connectivity index (χ2v) is 16.8. The van der Waals surface area contributed by atoms with Crippen LogP contribution in [0, 0.1) is 11.3 Å². The number of hydrogen-bond acceptors (Lipinski definition) is 9. The van der Waals surface area contributed by atoms with Gasteiger partial charge < -0.3 is 15.0 Å².